The fourth-order valence-electron chi connectivity index (χ4n) is 2.89. The van der Waals surface area contributed by atoms with Crippen LogP contribution in [-0.4, -0.2) is 26.5 Å². The summed E-state index contributed by atoms with van der Waals surface area (Å²) in [5.74, 6) is 1.81. The van der Waals surface area contributed by atoms with Gasteiger partial charge in [-0.05, 0) is 64.9 Å². The number of hydrazone groups is 1. The maximum atomic E-state index is 6.25. The van der Waals surface area contributed by atoms with Crippen LogP contribution in [0.25, 0.3) is 22.6 Å². The van der Waals surface area contributed by atoms with Gasteiger partial charge in [0.25, 0.3) is 0 Å². The fourth-order valence-corrected chi connectivity index (χ4v) is 3.65. The van der Waals surface area contributed by atoms with Gasteiger partial charge in [0.1, 0.15) is 11.5 Å². The predicted molar refractivity (Wildman–Crippen MR) is 130 cm³/mol. The SMILES string of the molecule is Clc1ccc(-c2ccc(/C=N/Nc3nc4nonc4nc3Nc3ccc(Br)cc3)o2)c(Cl)c1. The highest BCUT2D eigenvalue weighted by Crippen LogP contribution is 2.31. The van der Waals surface area contributed by atoms with Crippen molar-refractivity contribution in [2.24, 2.45) is 5.10 Å². The van der Waals surface area contributed by atoms with Crippen LogP contribution in [0.3, 0.4) is 0 Å². The van der Waals surface area contributed by atoms with Crippen molar-refractivity contribution >= 4 is 74.0 Å². The Balaban J connectivity index is 1.38. The first kappa shape index (κ1) is 21.4. The van der Waals surface area contributed by atoms with Gasteiger partial charge in [0.2, 0.25) is 11.3 Å². The summed E-state index contributed by atoms with van der Waals surface area (Å²) in [4.78, 5) is 8.77. The number of benzene rings is 2. The number of rotatable bonds is 6. The molecule has 0 saturated carbocycles. The average molecular weight is 545 g/mol. The number of nitrogens with zero attached hydrogens (tertiary/aromatic N) is 5. The van der Waals surface area contributed by atoms with E-state index in [0.717, 1.165) is 15.7 Å². The van der Waals surface area contributed by atoms with Crippen LogP contribution >= 0.6 is 39.1 Å². The third-order valence-electron chi connectivity index (χ3n) is 4.41. The third kappa shape index (κ3) is 4.82. The first-order chi connectivity index (χ1) is 16.0. The van der Waals surface area contributed by atoms with E-state index in [0.29, 0.717) is 33.2 Å². The van der Waals surface area contributed by atoms with Gasteiger partial charge in [0, 0.05) is 20.7 Å². The van der Waals surface area contributed by atoms with Crippen LogP contribution in [0.15, 0.2) is 73.2 Å². The van der Waals surface area contributed by atoms with Crippen molar-refractivity contribution in [2.45, 2.75) is 0 Å². The summed E-state index contributed by atoms with van der Waals surface area (Å²) >= 11 is 15.6. The van der Waals surface area contributed by atoms with Crippen LogP contribution in [0.5, 0.6) is 0 Å². The van der Waals surface area contributed by atoms with Gasteiger partial charge in [-0.3, -0.25) is 5.43 Å². The summed E-state index contributed by atoms with van der Waals surface area (Å²) in [6.07, 6.45) is 1.50. The van der Waals surface area contributed by atoms with Gasteiger partial charge in [-0.2, -0.15) is 10.1 Å². The molecule has 5 aromatic rings. The molecule has 3 heterocycles. The molecular formula is C21H12BrCl2N7O2. The Hall–Kier alpha value is -3.47. The lowest BCUT2D eigenvalue weighted by Crippen LogP contribution is -2.03. The number of hydrogen-bond acceptors (Lipinski definition) is 9. The van der Waals surface area contributed by atoms with E-state index in [1.165, 1.54) is 6.21 Å². The monoisotopic (exact) mass is 543 g/mol. The Morgan fingerprint density at radius 3 is 2.42 bits per heavy atom. The van der Waals surface area contributed by atoms with Gasteiger partial charge in [-0.25, -0.2) is 9.61 Å². The fraction of sp³-hybridized carbons (Fsp3) is 0. The molecule has 0 radical (unpaired) electrons. The van der Waals surface area contributed by atoms with E-state index in [1.54, 1.807) is 30.3 Å². The lowest BCUT2D eigenvalue weighted by molar-refractivity contribution is 0.314. The normalized spacial score (nSPS) is 11.4. The molecule has 0 aliphatic carbocycles. The molecule has 2 aromatic carbocycles. The number of halogens is 3. The second-order valence-electron chi connectivity index (χ2n) is 6.66. The minimum atomic E-state index is 0.242. The highest BCUT2D eigenvalue weighted by molar-refractivity contribution is 9.10. The number of anilines is 3. The molecule has 0 fully saturated rings. The lowest BCUT2D eigenvalue weighted by Gasteiger charge is -2.09. The van der Waals surface area contributed by atoms with Crippen LogP contribution in [0, 0.1) is 0 Å². The summed E-state index contributed by atoms with van der Waals surface area (Å²) < 4.78 is 11.5. The third-order valence-corrected chi connectivity index (χ3v) is 5.48. The Labute approximate surface area is 204 Å². The van der Waals surface area contributed by atoms with E-state index in [2.05, 4.69) is 52.1 Å². The Morgan fingerprint density at radius 1 is 0.909 bits per heavy atom. The van der Waals surface area contributed by atoms with E-state index in [4.69, 9.17) is 32.2 Å². The Bertz CT molecular complexity index is 1470. The number of aromatic nitrogens is 4. The minimum absolute atomic E-state index is 0.242. The molecular weight excluding hydrogens is 533 g/mol. The molecule has 2 N–H and O–H groups in total. The quantitative estimate of drug-likeness (QED) is 0.183. The molecule has 0 saturated heterocycles. The summed E-state index contributed by atoms with van der Waals surface area (Å²) in [5, 5.41) is 15.9. The van der Waals surface area contributed by atoms with Crippen LogP contribution in [-0.2, 0) is 0 Å². The smallest absolute Gasteiger partial charge is 0.245 e. The number of fused-ring (bicyclic) bond motifs is 1. The molecule has 0 aliphatic heterocycles. The molecule has 3 aromatic heterocycles. The van der Waals surface area contributed by atoms with Gasteiger partial charge >= 0.3 is 0 Å². The van der Waals surface area contributed by atoms with Gasteiger partial charge in [0.05, 0.1) is 11.2 Å². The van der Waals surface area contributed by atoms with Gasteiger partial charge in [-0.15, -0.1) is 0 Å². The number of furan rings is 1. The molecule has 9 nitrogen and oxygen atoms in total. The van der Waals surface area contributed by atoms with Crippen molar-refractivity contribution < 1.29 is 9.05 Å². The van der Waals surface area contributed by atoms with Crippen LogP contribution in [0.2, 0.25) is 10.0 Å². The lowest BCUT2D eigenvalue weighted by atomic mass is 10.2. The molecule has 12 heteroatoms. The molecule has 0 bridgehead atoms. The maximum absolute atomic E-state index is 6.25. The largest absolute Gasteiger partial charge is 0.455 e. The molecule has 33 heavy (non-hydrogen) atoms. The summed E-state index contributed by atoms with van der Waals surface area (Å²) in [6, 6.07) is 16.3. The van der Waals surface area contributed by atoms with Crippen LogP contribution in [0.1, 0.15) is 5.76 Å². The molecule has 5 rings (SSSR count). The first-order valence-corrected chi connectivity index (χ1v) is 11.0. The van der Waals surface area contributed by atoms with E-state index in [9.17, 15) is 0 Å². The van der Waals surface area contributed by atoms with Crippen molar-refractivity contribution in [2.75, 3.05) is 10.7 Å². The first-order valence-electron chi connectivity index (χ1n) is 9.42. The standard InChI is InChI=1S/C21H12BrCl2N7O2/c22-11-1-4-13(5-2-11)26-18-19(28-21-20(27-18)30-33-31-21)29-25-10-14-6-8-17(32-14)15-7-3-12(23)9-16(15)24/h1-10H,(H,26,27,30)(H,28,29,31)/b25-10+. The maximum Gasteiger partial charge on any atom is 0.245 e. The zero-order valence-corrected chi connectivity index (χ0v) is 19.6. The summed E-state index contributed by atoms with van der Waals surface area (Å²) in [5.41, 5.74) is 4.88. The van der Waals surface area contributed by atoms with E-state index >= 15 is 0 Å². The Kier molecular flexibility index (Phi) is 5.95. The second kappa shape index (κ2) is 9.18. The van der Waals surface area contributed by atoms with Gasteiger partial charge in [-0.1, -0.05) is 39.1 Å². The van der Waals surface area contributed by atoms with Crippen molar-refractivity contribution in [3.8, 4) is 11.3 Å². The molecule has 0 atom stereocenters. The second-order valence-corrected chi connectivity index (χ2v) is 8.42. The van der Waals surface area contributed by atoms with Crippen molar-refractivity contribution in [3.63, 3.8) is 0 Å². The van der Waals surface area contributed by atoms with E-state index < -0.39 is 0 Å². The topological polar surface area (TPSA) is 114 Å². The van der Waals surface area contributed by atoms with Gasteiger partial charge in [0.15, 0.2) is 11.6 Å². The predicted octanol–water partition coefficient (Wildman–Crippen LogP) is 6.53. The summed E-state index contributed by atoms with van der Waals surface area (Å²) in [7, 11) is 0. The zero-order chi connectivity index (χ0) is 22.8. The molecule has 0 aliphatic rings. The number of hydrogen-bond donors (Lipinski definition) is 2. The molecule has 0 spiro atoms. The highest BCUT2D eigenvalue weighted by Gasteiger charge is 2.13. The van der Waals surface area contributed by atoms with Crippen molar-refractivity contribution in [1.29, 1.82) is 0 Å². The Morgan fingerprint density at radius 2 is 1.67 bits per heavy atom. The van der Waals surface area contributed by atoms with Crippen LogP contribution in [0.4, 0.5) is 17.3 Å². The number of nitrogens with one attached hydrogen (secondary N) is 2. The van der Waals surface area contributed by atoms with E-state index in [1.807, 2.05) is 24.3 Å². The zero-order valence-electron chi connectivity index (χ0n) is 16.5. The average Bonchev–Trinajstić information content (AvgIpc) is 3.45. The summed E-state index contributed by atoms with van der Waals surface area (Å²) in [6.45, 7) is 0. The minimum Gasteiger partial charge on any atom is -0.455 e. The van der Waals surface area contributed by atoms with Gasteiger partial charge < -0.3 is 9.73 Å². The molecule has 0 amide bonds. The molecule has 0 unspecified atom stereocenters. The van der Waals surface area contributed by atoms with E-state index in [-0.39, 0.29) is 11.3 Å². The van der Waals surface area contributed by atoms with Crippen LogP contribution < -0.4 is 10.7 Å². The molecule has 164 valence electrons. The highest BCUT2D eigenvalue weighted by atomic mass is 79.9. The van der Waals surface area contributed by atoms with Crippen molar-refractivity contribution in [1.82, 2.24) is 20.3 Å². The van der Waals surface area contributed by atoms with Crippen molar-refractivity contribution in [3.05, 3.63) is 74.9 Å².